The predicted octanol–water partition coefficient (Wildman–Crippen LogP) is -3.46. The monoisotopic (exact) mass is 194 g/mol. The highest BCUT2D eigenvalue weighted by Crippen LogP contribution is 1.92. The van der Waals surface area contributed by atoms with E-state index in [9.17, 15) is 0 Å². The zero-order chi connectivity index (χ0) is 9.61. The van der Waals surface area contributed by atoms with Crippen LogP contribution in [0.1, 0.15) is 0 Å². The van der Waals surface area contributed by atoms with Gasteiger partial charge in [0.15, 0.2) is 0 Å². The van der Waals surface area contributed by atoms with Gasteiger partial charge in [0.2, 0.25) is 0 Å². The van der Waals surface area contributed by atoms with Gasteiger partial charge in [0.05, 0.1) is 14.9 Å². The summed E-state index contributed by atoms with van der Waals surface area (Å²) in [7, 11) is -4.69. The number of anilines is 1. The summed E-state index contributed by atoms with van der Waals surface area (Å²) >= 11 is 0. The zero-order valence-electron chi connectivity index (χ0n) is 5.88. The Labute approximate surface area is 70.6 Å². The molecule has 1 aromatic rings. The third-order valence-electron chi connectivity index (χ3n) is 0.706. The van der Waals surface area contributed by atoms with Crippen LogP contribution in [-0.4, -0.2) is 9.64 Å². The Morgan fingerprint density at radius 3 is 1.75 bits per heavy atom. The fraction of sp³-hybridized carbons (Fsp3) is 0. The number of halogens is 1. The first-order valence-corrected chi connectivity index (χ1v) is 3.94. The molecule has 0 atom stereocenters. The minimum Gasteiger partial charge on any atom is -0.399 e. The molecule has 0 fully saturated rings. The molecule has 0 aromatic carbocycles. The molecule has 0 aliphatic rings. The summed E-state index contributed by atoms with van der Waals surface area (Å²) in [5.74, 6) is 0. The number of hydrogen-bond acceptors (Lipinski definition) is 6. The van der Waals surface area contributed by atoms with E-state index in [-0.39, 0.29) is 0 Å². The van der Waals surface area contributed by atoms with Crippen molar-refractivity contribution in [3.05, 3.63) is 24.5 Å². The summed E-state index contributed by atoms with van der Waals surface area (Å²) in [6, 6.07) is 3.50. The highest BCUT2D eigenvalue weighted by molar-refractivity contribution is 5.33. The van der Waals surface area contributed by atoms with Crippen LogP contribution in [-0.2, 0) is 0 Å². The van der Waals surface area contributed by atoms with Crippen molar-refractivity contribution in [3.63, 3.8) is 0 Å². The van der Waals surface area contributed by atoms with Crippen LogP contribution < -0.4 is 19.7 Å². The lowest BCUT2D eigenvalue weighted by Crippen LogP contribution is -2.58. The summed E-state index contributed by atoms with van der Waals surface area (Å²) in [4.78, 5) is 3.77. The molecule has 1 aromatic heterocycles. The molecule has 3 N–H and O–H groups in total. The maximum Gasteiger partial charge on any atom is 0.0777 e. The molecular formula is C5H7ClN2O4. The van der Waals surface area contributed by atoms with E-state index in [1.165, 1.54) is 0 Å². The van der Waals surface area contributed by atoms with Crippen molar-refractivity contribution in [2.24, 2.45) is 0 Å². The molecule has 0 radical (unpaired) electrons. The number of hydrogen-bond donors (Lipinski definition) is 2. The van der Waals surface area contributed by atoms with Gasteiger partial charge in [-0.2, -0.15) is 14.0 Å². The van der Waals surface area contributed by atoms with Gasteiger partial charge >= 0.3 is 0 Å². The van der Waals surface area contributed by atoms with Crippen molar-refractivity contribution in [2.75, 3.05) is 5.73 Å². The summed E-state index contributed by atoms with van der Waals surface area (Å²) in [5.41, 5.74) is 6.08. The molecule has 0 bridgehead atoms. The Balaban J connectivity index is 0.000000217. The quantitative estimate of drug-likeness (QED) is 0.442. The average molecular weight is 195 g/mol. The third-order valence-corrected chi connectivity index (χ3v) is 0.706. The van der Waals surface area contributed by atoms with E-state index in [0.717, 1.165) is 5.69 Å². The van der Waals surface area contributed by atoms with Gasteiger partial charge in [-0.05, 0) is 12.1 Å². The fourth-order valence-corrected chi connectivity index (χ4v) is 0.363. The number of nitrogen functional groups attached to an aromatic ring is 1. The van der Waals surface area contributed by atoms with Gasteiger partial charge in [0, 0.05) is 18.1 Å². The van der Waals surface area contributed by atoms with Crippen molar-refractivity contribution in [1.82, 2.24) is 4.98 Å². The van der Waals surface area contributed by atoms with Gasteiger partial charge < -0.3 is 5.73 Å². The Kier molecular flexibility index (Phi) is 4.49. The molecule has 12 heavy (non-hydrogen) atoms. The van der Waals surface area contributed by atoms with E-state index in [1.54, 1.807) is 24.5 Å². The van der Waals surface area contributed by atoms with E-state index in [4.69, 9.17) is 24.4 Å². The zero-order valence-corrected chi connectivity index (χ0v) is 6.64. The van der Waals surface area contributed by atoms with Crippen molar-refractivity contribution >= 4 is 5.69 Å². The topological polar surface area (TPSA) is 128 Å². The summed E-state index contributed by atoms with van der Waals surface area (Å²) < 4.78 is 32.7. The van der Waals surface area contributed by atoms with Crippen LogP contribution >= 0.6 is 0 Å². The third kappa shape index (κ3) is 11.8. The second-order valence-corrected chi connectivity index (χ2v) is 2.47. The van der Waals surface area contributed by atoms with Crippen molar-refractivity contribution < 1.29 is 28.9 Å². The molecule has 1 heterocycles. The Morgan fingerprint density at radius 2 is 1.58 bits per heavy atom. The number of nitrogens with zero attached hydrogens (tertiary/aromatic N) is 1. The van der Waals surface area contributed by atoms with E-state index in [1.807, 2.05) is 0 Å². The van der Waals surface area contributed by atoms with Gasteiger partial charge in [-0.25, -0.2) is 0 Å². The van der Waals surface area contributed by atoms with Crippen molar-refractivity contribution in [2.45, 2.75) is 0 Å². The maximum atomic E-state index is 8.60. The van der Waals surface area contributed by atoms with E-state index in [2.05, 4.69) is 4.98 Å². The summed E-state index contributed by atoms with van der Waals surface area (Å²) in [6.45, 7) is 0. The highest BCUT2D eigenvalue weighted by atomic mass is 35.7. The van der Waals surface area contributed by atoms with Crippen molar-refractivity contribution in [3.8, 4) is 0 Å². The van der Waals surface area contributed by atoms with Gasteiger partial charge in [-0.3, -0.25) is 4.98 Å². The first-order valence-electron chi connectivity index (χ1n) is 2.68. The number of pyridine rings is 1. The molecule has 0 aliphatic carbocycles. The van der Waals surface area contributed by atoms with Crippen LogP contribution in [0, 0.1) is 10.2 Å². The smallest absolute Gasteiger partial charge is 0.0777 e. The Bertz CT molecular complexity index is 206. The van der Waals surface area contributed by atoms with Crippen molar-refractivity contribution in [1.29, 1.82) is 0 Å². The molecule has 0 aliphatic heterocycles. The van der Waals surface area contributed by atoms with Gasteiger partial charge in [-0.15, -0.1) is 0 Å². The Morgan fingerprint density at radius 1 is 1.25 bits per heavy atom. The fourth-order valence-electron chi connectivity index (χ4n) is 0.363. The lowest BCUT2D eigenvalue weighted by Gasteiger charge is -2.03. The van der Waals surface area contributed by atoms with Crippen LogP contribution in [0.5, 0.6) is 0 Å². The van der Waals surface area contributed by atoms with Crippen LogP contribution in [0.3, 0.4) is 0 Å². The predicted molar refractivity (Wildman–Crippen MR) is 30.9 cm³/mol. The summed E-state index contributed by atoms with van der Waals surface area (Å²) in [6.07, 6.45) is 3.32. The lowest BCUT2D eigenvalue weighted by molar-refractivity contribution is -1.92. The maximum absolute atomic E-state index is 8.60. The van der Waals surface area contributed by atoms with Crippen LogP contribution in [0.15, 0.2) is 24.5 Å². The van der Waals surface area contributed by atoms with E-state index < -0.39 is 10.2 Å². The molecular weight excluding hydrogens is 188 g/mol. The number of rotatable bonds is 0. The first-order chi connectivity index (χ1) is 5.39. The molecule has 0 unspecified atom stereocenters. The molecule has 0 spiro atoms. The molecule has 7 heteroatoms. The molecule has 0 saturated carbocycles. The lowest BCUT2D eigenvalue weighted by atomic mass is 10.4. The molecule has 6 nitrogen and oxygen atoms in total. The second-order valence-electron chi connectivity index (χ2n) is 1.68. The van der Waals surface area contributed by atoms with E-state index in [0.29, 0.717) is 0 Å². The van der Waals surface area contributed by atoms with Crippen LogP contribution in [0.2, 0.25) is 0 Å². The van der Waals surface area contributed by atoms with E-state index >= 15 is 0 Å². The first kappa shape index (κ1) is 11.1. The van der Waals surface area contributed by atoms with Crippen LogP contribution in [0.4, 0.5) is 5.69 Å². The van der Waals surface area contributed by atoms with Crippen LogP contribution in [0.25, 0.3) is 0 Å². The number of nitrogens with two attached hydrogens (primary N) is 1. The Hall–Kier alpha value is -0.920. The summed E-state index contributed by atoms with van der Waals surface area (Å²) in [5, 5.41) is 0. The normalized spacial score (nSPS) is 10.0. The van der Waals surface area contributed by atoms with Gasteiger partial charge in [0.1, 0.15) is 0 Å². The minimum absolute atomic E-state index is 0.759. The molecule has 1 rings (SSSR count). The largest absolute Gasteiger partial charge is 0.399 e. The minimum atomic E-state index is -4.69. The standard InChI is InChI=1S/C5H6N2.ClHO4/c6-5-1-3-7-4-2-5;2-1(3,4)5/h1-4H,(H2,6,7);(H,2,3,4,5). The number of aromatic nitrogens is 1. The molecule has 68 valence electrons. The van der Waals surface area contributed by atoms with Gasteiger partial charge in [0.25, 0.3) is 0 Å². The average Bonchev–Trinajstić information content (AvgIpc) is 1.85. The highest BCUT2D eigenvalue weighted by Gasteiger charge is 1.98. The molecule has 0 saturated heterocycles. The SMILES string of the molecule is Nc1ccncc1.[O-][Cl+3]([O-])([O-])O. The second kappa shape index (κ2) is 4.86. The molecule has 0 amide bonds. The van der Waals surface area contributed by atoms with Gasteiger partial charge in [-0.1, -0.05) is 0 Å².